The van der Waals surface area contributed by atoms with Crippen LogP contribution in [-0.2, 0) is 69.4 Å². The molecule has 31 heteroatoms. The van der Waals surface area contributed by atoms with E-state index in [4.69, 9.17) is 29.5 Å². The summed E-state index contributed by atoms with van der Waals surface area (Å²) in [6.45, 7) is 7.19. The van der Waals surface area contributed by atoms with Gasteiger partial charge in [0.15, 0.2) is 61.6 Å². The molecule has 3 aliphatic heterocycles. The molecule has 6 aromatic rings. The van der Waals surface area contributed by atoms with Crippen molar-refractivity contribution in [1.82, 2.24) is 58.6 Å². The molecule has 12 atom stereocenters. The second kappa shape index (κ2) is 22.4. The van der Waals surface area contributed by atoms with E-state index in [1.807, 2.05) is 52.1 Å². The van der Waals surface area contributed by atoms with Gasteiger partial charge in [0.2, 0.25) is 5.82 Å². The van der Waals surface area contributed by atoms with Gasteiger partial charge in [-0.25, -0.2) is 59.2 Å². The summed E-state index contributed by atoms with van der Waals surface area (Å²) >= 11 is 3.89. The van der Waals surface area contributed by atoms with Gasteiger partial charge in [-0.2, -0.15) is 0 Å². The van der Waals surface area contributed by atoms with Crippen molar-refractivity contribution in [3.8, 4) is 11.8 Å². The van der Waals surface area contributed by atoms with Crippen molar-refractivity contribution >= 4 is 96.6 Å². The van der Waals surface area contributed by atoms with Crippen LogP contribution in [0.3, 0.4) is 0 Å². The van der Waals surface area contributed by atoms with Crippen LogP contribution in [0, 0.1) is 40.3 Å². The molecule has 6 aromatic heterocycles. The number of imidazole rings is 3. The van der Waals surface area contributed by atoms with Crippen LogP contribution in [0.15, 0.2) is 19.0 Å². The Morgan fingerprint density at radius 2 is 0.853 bits per heavy atom. The van der Waals surface area contributed by atoms with Crippen LogP contribution in [0.5, 0.6) is 0 Å². The standard InChI is InChI=1S/C15H16N4O5.2C11H11IN4O5.2Re/c1-3-4-5-8-17-7(2)9-13(18-8)19(6-16-9)14-11(21)10(20)12(24-14)15(22)23;2*1-3-4-8(15-11(12)14-3)16(2-13-4)9-6(18)5(17)7(21-9)10(19)20;;/h6,10-12,14,20-21H,3H2,1-2H3,(H,22,23);2*2,5-7,9,17-18H,1H3,(H,19,20);;/t10-,11?,12+,14-;2*5-,6?,7+,9-;;/m111../s1. The minimum absolute atomic E-state index is 0. The summed E-state index contributed by atoms with van der Waals surface area (Å²) in [5.41, 5.74) is 4.63. The smallest absolute Gasteiger partial charge is 0.335 e. The van der Waals surface area contributed by atoms with Gasteiger partial charge in [-0.3, -0.25) is 13.7 Å². The van der Waals surface area contributed by atoms with Crippen LogP contribution in [0.2, 0.25) is 0 Å². The zero-order valence-electron chi connectivity index (χ0n) is 35.2. The molecule has 68 heavy (non-hydrogen) atoms. The number of carbonyl (C=O) groups is 3. The average molecular weight is 1520 g/mol. The summed E-state index contributed by atoms with van der Waals surface area (Å²) in [6.07, 6.45) is -11.8. The van der Waals surface area contributed by atoms with Crippen molar-refractivity contribution in [2.24, 2.45) is 0 Å². The molecule has 9 rings (SSSR count). The van der Waals surface area contributed by atoms with E-state index in [2.05, 4.69) is 56.7 Å². The summed E-state index contributed by atoms with van der Waals surface area (Å²) < 4.78 is 20.9. The van der Waals surface area contributed by atoms with Crippen LogP contribution < -0.4 is 0 Å². The number of aliphatic hydroxyl groups excluding tert-OH is 6. The third-order valence-electron chi connectivity index (χ3n) is 10.4. The predicted molar refractivity (Wildman–Crippen MR) is 233 cm³/mol. The number of fused-ring (bicyclic) bond motifs is 3. The second-order valence-electron chi connectivity index (χ2n) is 14.7. The molecule has 3 aliphatic rings. The van der Waals surface area contributed by atoms with E-state index in [-0.39, 0.29) is 40.8 Å². The number of rotatable bonds is 6. The fourth-order valence-corrected chi connectivity index (χ4v) is 8.35. The minimum Gasteiger partial charge on any atom is -0.479 e. The molecule has 0 aromatic carbocycles. The van der Waals surface area contributed by atoms with Crippen LogP contribution in [0.1, 0.15) is 54.9 Å². The Labute approximate surface area is 436 Å². The Morgan fingerprint density at radius 1 is 0.544 bits per heavy atom. The maximum absolute atomic E-state index is 11.1. The van der Waals surface area contributed by atoms with E-state index >= 15 is 0 Å². The molecule has 0 aliphatic carbocycles. The third-order valence-corrected chi connectivity index (χ3v) is 11.3. The summed E-state index contributed by atoms with van der Waals surface area (Å²) in [7, 11) is 0. The van der Waals surface area contributed by atoms with E-state index in [0.717, 1.165) is 0 Å². The van der Waals surface area contributed by atoms with E-state index < -0.39 is 91.5 Å². The van der Waals surface area contributed by atoms with Gasteiger partial charge < -0.3 is 60.2 Å². The van der Waals surface area contributed by atoms with Crippen molar-refractivity contribution in [3.05, 3.63) is 49.6 Å². The zero-order chi connectivity index (χ0) is 48.0. The molecular formula is C37H38I2N12O15Re2. The third kappa shape index (κ3) is 10.7. The molecule has 0 amide bonds. The molecule has 2 radical (unpaired) electrons. The first-order valence-electron chi connectivity index (χ1n) is 19.4. The van der Waals surface area contributed by atoms with Gasteiger partial charge in [0.25, 0.3) is 0 Å². The van der Waals surface area contributed by atoms with Gasteiger partial charge in [-0.1, -0.05) is 12.8 Å². The normalized spacial score (nSPS) is 27.3. The summed E-state index contributed by atoms with van der Waals surface area (Å²) in [6, 6.07) is 0. The van der Waals surface area contributed by atoms with Crippen LogP contribution in [0.25, 0.3) is 33.5 Å². The SMILES string of the molecule is CCC#Cc1nc(C)c2ncn([C@@H]3O[C@H](C(=O)O)[C@H](O)C3O)c2n1.Cc1nc(I)nc2c1ncn2[C@@H]1O[C@H](C(=O)O)[C@H](O)C1O.Cc1nc(I)nc2c1ncn2[C@@H]1O[C@H](C(=O)O)[C@H](O)C1O.[Re].[Re]. The maximum Gasteiger partial charge on any atom is 0.335 e. The number of carboxylic acids is 3. The summed E-state index contributed by atoms with van der Waals surface area (Å²) in [4.78, 5) is 70.9. The molecule has 0 saturated carbocycles. The largest absolute Gasteiger partial charge is 0.479 e. The Bertz CT molecular complexity index is 2800. The molecule has 0 bridgehead atoms. The summed E-state index contributed by atoms with van der Waals surface area (Å²) in [5.74, 6) is 1.96. The van der Waals surface area contributed by atoms with Gasteiger partial charge in [0.1, 0.15) is 53.2 Å². The van der Waals surface area contributed by atoms with E-state index in [0.29, 0.717) is 70.5 Å². The Kier molecular flexibility index (Phi) is 18.1. The predicted octanol–water partition coefficient (Wildman–Crippen LogP) is -1.52. The molecule has 3 fully saturated rings. The number of hydrogen-bond donors (Lipinski definition) is 9. The molecule has 3 unspecified atom stereocenters. The van der Waals surface area contributed by atoms with Gasteiger partial charge in [-0.15, -0.1) is 0 Å². The quantitative estimate of drug-likeness (QED) is 0.0519. The number of aliphatic hydroxyl groups is 6. The van der Waals surface area contributed by atoms with Gasteiger partial charge in [0.05, 0.1) is 36.1 Å². The van der Waals surface area contributed by atoms with E-state index in [1.54, 1.807) is 20.8 Å². The Balaban J connectivity index is 0.000000188. The Morgan fingerprint density at radius 3 is 1.15 bits per heavy atom. The molecule has 3 saturated heterocycles. The average Bonchev–Trinajstić information content (AvgIpc) is 4.11. The van der Waals surface area contributed by atoms with Gasteiger partial charge in [-0.05, 0) is 26.7 Å². The van der Waals surface area contributed by atoms with E-state index in [1.165, 1.54) is 32.7 Å². The monoisotopic (exact) mass is 1520 g/mol. The number of nitrogens with zero attached hydrogens (tertiary/aromatic N) is 12. The number of aryl methyl sites for hydroxylation is 3. The second-order valence-corrected chi connectivity index (χ2v) is 16.6. The van der Waals surface area contributed by atoms with Crippen LogP contribution in [0.4, 0.5) is 0 Å². The molecule has 9 heterocycles. The van der Waals surface area contributed by atoms with Crippen molar-refractivity contribution in [1.29, 1.82) is 0 Å². The minimum atomic E-state index is -1.55. The first-order valence-corrected chi connectivity index (χ1v) is 21.6. The molecule has 364 valence electrons. The number of halogens is 2. The van der Waals surface area contributed by atoms with Crippen molar-refractivity contribution in [3.63, 3.8) is 0 Å². The fraction of sp³-hybridized carbons (Fsp3) is 0.459. The molecule has 0 spiro atoms. The maximum atomic E-state index is 11.1. The first-order chi connectivity index (χ1) is 31.2. The number of hydrogen-bond acceptors (Lipinski definition) is 21. The first kappa shape index (κ1) is 55.0. The van der Waals surface area contributed by atoms with E-state index in [9.17, 15) is 45.0 Å². The van der Waals surface area contributed by atoms with Crippen molar-refractivity contribution in [2.45, 2.75) is 108 Å². The van der Waals surface area contributed by atoms with Crippen LogP contribution >= 0.6 is 45.2 Å². The van der Waals surface area contributed by atoms with Crippen molar-refractivity contribution < 1.29 is 115 Å². The van der Waals surface area contributed by atoms with Gasteiger partial charge >= 0.3 is 17.9 Å². The zero-order valence-corrected chi connectivity index (χ0v) is 45.0. The summed E-state index contributed by atoms with van der Waals surface area (Å²) in [5, 5.41) is 86.5. The number of carboxylic acid groups (broad SMARTS) is 3. The number of aromatic nitrogens is 12. The molecule has 27 nitrogen and oxygen atoms in total. The molecule has 9 N–H and O–H groups in total. The fourth-order valence-electron chi connectivity index (χ4n) is 7.17. The van der Waals surface area contributed by atoms with Crippen LogP contribution in [-0.4, -0.2) is 177 Å². The number of ether oxygens (including phenoxy) is 3. The number of aliphatic carboxylic acids is 3. The topological polar surface area (TPSA) is 392 Å². The van der Waals surface area contributed by atoms with Gasteiger partial charge in [0, 0.05) is 92.4 Å². The Hall–Kier alpha value is -3.96. The molecular weight excluding hydrogens is 1480 g/mol. The van der Waals surface area contributed by atoms with Crippen molar-refractivity contribution in [2.75, 3.05) is 0 Å².